The second-order valence-electron chi connectivity index (χ2n) is 5.65. The van der Waals surface area contributed by atoms with Crippen LogP contribution in [0.4, 0.5) is 5.82 Å². The van der Waals surface area contributed by atoms with Gasteiger partial charge in [-0.2, -0.15) is 5.10 Å². The maximum atomic E-state index is 10.1. The molecule has 0 unspecified atom stereocenters. The minimum Gasteiger partial charge on any atom is -0.389 e. The van der Waals surface area contributed by atoms with Crippen molar-refractivity contribution in [2.45, 2.75) is 19.1 Å². The smallest absolute Gasteiger partial charge is 0.163 e. The number of aromatic nitrogens is 4. The number of nitrogens with zero attached hydrogens (tertiary/aromatic N) is 4. The van der Waals surface area contributed by atoms with Crippen LogP contribution in [-0.2, 0) is 11.8 Å². The predicted octanol–water partition coefficient (Wildman–Crippen LogP) is 1.91. The molecular formula is C17H21N5O2. The van der Waals surface area contributed by atoms with Crippen molar-refractivity contribution in [3.8, 4) is 0 Å². The summed E-state index contributed by atoms with van der Waals surface area (Å²) in [5.41, 5.74) is 1.83. The molecule has 3 rings (SSSR count). The third-order valence-corrected chi connectivity index (χ3v) is 3.84. The molecular weight excluding hydrogens is 306 g/mol. The summed E-state index contributed by atoms with van der Waals surface area (Å²) in [4.78, 5) is 8.39. The molecule has 1 aromatic carbocycles. The van der Waals surface area contributed by atoms with Gasteiger partial charge in [0.15, 0.2) is 5.65 Å². The molecule has 7 nitrogen and oxygen atoms in total. The van der Waals surface area contributed by atoms with Crippen LogP contribution < -0.4 is 5.32 Å². The summed E-state index contributed by atoms with van der Waals surface area (Å²) in [6.45, 7) is 2.55. The summed E-state index contributed by atoms with van der Waals surface area (Å²) >= 11 is 0. The van der Waals surface area contributed by atoms with Crippen LogP contribution in [0.1, 0.15) is 18.6 Å². The number of benzene rings is 1. The standard InChI is InChI=1S/C17H21N5O2/c1-12(13-6-4-3-5-7-13)24-10-14(23)8-18-16-15-9-21-22(2)17(15)20-11-19-16/h3-7,9,11-12,14,23H,8,10H2,1-2H3,(H,18,19,20)/t12-,14-/m1/s1. The molecule has 0 aliphatic rings. The van der Waals surface area contributed by atoms with Crippen molar-refractivity contribution in [3.05, 3.63) is 48.4 Å². The molecule has 0 saturated heterocycles. The number of aliphatic hydroxyl groups is 1. The Morgan fingerprint density at radius 1 is 1.25 bits per heavy atom. The molecule has 2 aromatic heterocycles. The Bertz CT molecular complexity index is 790. The lowest BCUT2D eigenvalue weighted by Crippen LogP contribution is -2.26. The van der Waals surface area contributed by atoms with Crippen LogP contribution in [0.5, 0.6) is 0 Å². The number of fused-ring (bicyclic) bond motifs is 1. The highest BCUT2D eigenvalue weighted by molar-refractivity contribution is 5.85. The summed E-state index contributed by atoms with van der Waals surface area (Å²) in [7, 11) is 1.83. The lowest BCUT2D eigenvalue weighted by molar-refractivity contribution is 0.00242. The van der Waals surface area contributed by atoms with Gasteiger partial charge >= 0.3 is 0 Å². The van der Waals surface area contributed by atoms with Gasteiger partial charge in [-0.05, 0) is 12.5 Å². The van der Waals surface area contributed by atoms with Crippen LogP contribution in [0.15, 0.2) is 42.9 Å². The van der Waals surface area contributed by atoms with Gasteiger partial charge in [-0.25, -0.2) is 9.97 Å². The Balaban J connectivity index is 1.53. The zero-order valence-corrected chi connectivity index (χ0v) is 13.8. The fourth-order valence-corrected chi connectivity index (χ4v) is 2.45. The van der Waals surface area contributed by atoms with Crippen LogP contribution in [0.3, 0.4) is 0 Å². The highest BCUT2D eigenvalue weighted by Crippen LogP contribution is 2.18. The second kappa shape index (κ2) is 7.37. The van der Waals surface area contributed by atoms with Crippen LogP contribution in [-0.4, -0.2) is 44.1 Å². The molecule has 0 aliphatic carbocycles. The van der Waals surface area contributed by atoms with E-state index < -0.39 is 6.10 Å². The van der Waals surface area contributed by atoms with Gasteiger partial charge in [0.25, 0.3) is 0 Å². The zero-order valence-electron chi connectivity index (χ0n) is 13.8. The van der Waals surface area contributed by atoms with Crippen molar-refractivity contribution in [1.82, 2.24) is 19.7 Å². The molecule has 24 heavy (non-hydrogen) atoms. The van der Waals surface area contributed by atoms with Crippen LogP contribution in [0.25, 0.3) is 11.0 Å². The van der Waals surface area contributed by atoms with Gasteiger partial charge in [-0.15, -0.1) is 0 Å². The van der Waals surface area contributed by atoms with Gasteiger partial charge < -0.3 is 15.2 Å². The van der Waals surface area contributed by atoms with Gasteiger partial charge in [-0.1, -0.05) is 30.3 Å². The molecule has 126 valence electrons. The summed E-state index contributed by atoms with van der Waals surface area (Å²) in [5, 5.41) is 18.3. The maximum absolute atomic E-state index is 10.1. The normalized spacial score (nSPS) is 13.8. The Morgan fingerprint density at radius 3 is 2.83 bits per heavy atom. The van der Waals surface area contributed by atoms with Crippen LogP contribution in [0.2, 0.25) is 0 Å². The van der Waals surface area contributed by atoms with E-state index >= 15 is 0 Å². The number of aryl methyl sites for hydroxylation is 1. The number of hydrogen-bond acceptors (Lipinski definition) is 6. The maximum Gasteiger partial charge on any atom is 0.163 e. The van der Waals surface area contributed by atoms with Crippen molar-refractivity contribution in [2.75, 3.05) is 18.5 Å². The summed E-state index contributed by atoms with van der Waals surface area (Å²) in [5.74, 6) is 0.656. The van der Waals surface area contributed by atoms with E-state index in [0.29, 0.717) is 12.4 Å². The number of aliphatic hydroxyl groups excluding tert-OH is 1. The number of anilines is 1. The van der Waals surface area contributed by atoms with E-state index in [0.717, 1.165) is 16.6 Å². The van der Waals surface area contributed by atoms with E-state index in [-0.39, 0.29) is 12.7 Å². The Labute approximate surface area is 140 Å². The number of ether oxygens (including phenoxy) is 1. The lowest BCUT2D eigenvalue weighted by Gasteiger charge is -2.17. The van der Waals surface area contributed by atoms with Crippen molar-refractivity contribution < 1.29 is 9.84 Å². The third kappa shape index (κ3) is 3.69. The van der Waals surface area contributed by atoms with Gasteiger partial charge in [0.1, 0.15) is 12.1 Å². The first-order valence-electron chi connectivity index (χ1n) is 7.86. The highest BCUT2D eigenvalue weighted by Gasteiger charge is 2.12. The third-order valence-electron chi connectivity index (χ3n) is 3.84. The minimum absolute atomic E-state index is 0.0649. The molecule has 0 spiro atoms. The topological polar surface area (TPSA) is 85.1 Å². The lowest BCUT2D eigenvalue weighted by atomic mass is 10.1. The second-order valence-corrected chi connectivity index (χ2v) is 5.65. The molecule has 2 heterocycles. The van der Waals surface area contributed by atoms with E-state index in [1.54, 1.807) is 10.9 Å². The molecule has 0 bridgehead atoms. The number of nitrogens with one attached hydrogen (secondary N) is 1. The van der Waals surface area contributed by atoms with Crippen molar-refractivity contribution in [2.24, 2.45) is 7.05 Å². The van der Waals surface area contributed by atoms with Crippen LogP contribution >= 0.6 is 0 Å². The summed E-state index contributed by atoms with van der Waals surface area (Å²) in [6.07, 6.45) is 2.48. The number of rotatable bonds is 7. The molecule has 0 saturated carbocycles. The zero-order chi connectivity index (χ0) is 16.9. The monoisotopic (exact) mass is 327 g/mol. The van der Waals surface area contributed by atoms with E-state index in [2.05, 4.69) is 20.4 Å². The molecule has 2 N–H and O–H groups in total. The van der Waals surface area contributed by atoms with Gasteiger partial charge in [-0.3, -0.25) is 4.68 Å². The average molecular weight is 327 g/mol. The Hall–Kier alpha value is -2.51. The average Bonchev–Trinajstić information content (AvgIpc) is 3.00. The Morgan fingerprint density at radius 2 is 2.04 bits per heavy atom. The molecule has 0 fully saturated rings. The van der Waals surface area contributed by atoms with Crippen molar-refractivity contribution >= 4 is 16.9 Å². The first-order valence-corrected chi connectivity index (χ1v) is 7.86. The predicted molar refractivity (Wildman–Crippen MR) is 91.6 cm³/mol. The van der Waals surface area contributed by atoms with Gasteiger partial charge in [0.05, 0.1) is 30.4 Å². The molecule has 0 aliphatic heterocycles. The molecule has 7 heteroatoms. The largest absolute Gasteiger partial charge is 0.389 e. The van der Waals surface area contributed by atoms with E-state index in [1.165, 1.54) is 6.33 Å². The van der Waals surface area contributed by atoms with Crippen molar-refractivity contribution in [1.29, 1.82) is 0 Å². The highest BCUT2D eigenvalue weighted by atomic mass is 16.5. The summed E-state index contributed by atoms with van der Waals surface area (Å²) in [6, 6.07) is 9.93. The summed E-state index contributed by atoms with van der Waals surface area (Å²) < 4.78 is 7.41. The van der Waals surface area contributed by atoms with Crippen molar-refractivity contribution in [3.63, 3.8) is 0 Å². The fraction of sp³-hybridized carbons (Fsp3) is 0.353. The molecule has 3 aromatic rings. The fourth-order valence-electron chi connectivity index (χ4n) is 2.45. The molecule has 0 amide bonds. The van der Waals surface area contributed by atoms with E-state index in [1.807, 2.05) is 44.3 Å². The first kappa shape index (κ1) is 16.4. The van der Waals surface area contributed by atoms with Gasteiger partial charge in [0.2, 0.25) is 0 Å². The Kier molecular flexibility index (Phi) is 5.02. The quantitative estimate of drug-likeness (QED) is 0.689. The minimum atomic E-state index is -0.641. The number of hydrogen-bond donors (Lipinski definition) is 2. The van der Waals surface area contributed by atoms with E-state index in [9.17, 15) is 5.11 Å². The molecule has 0 radical (unpaired) electrons. The SMILES string of the molecule is C[C@@H](OC[C@H](O)CNc1ncnc2c1cnn2C)c1ccccc1. The molecule has 2 atom stereocenters. The van der Waals surface area contributed by atoms with Crippen LogP contribution in [0, 0.1) is 0 Å². The van der Waals surface area contributed by atoms with Gasteiger partial charge in [0, 0.05) is 13.6 Å². The first-order chi connectivity index (χ1) is 11.6. The van der Waals surface area contributed by atoms with E-state index in [4.69, 9.17) is 4.74 Å².